The largest absolute Gasteiger partial charge is 0.393 e. The minimum absolute atomic E-state index is 0.0738. The number of aromatic amines is 1. The first-order chi connectivity index (χ1) is 7.66. The predicted molar refractivity (Wildman–Crippen MR) is 64.0 cm³/mol. The fraction of sp³-hybridized carbons (Fsp3) is 0. The van der Waals surface area contributed by atoms with E-state index in [9.17, 15) is 4.79 Å². The predicted octanol–water partition coefficient (Wildman–Crippen LogP) is 1.75. The van der Waals surface area contributed by atoms with E-state index in [4.69, 9.17) is 17.3 Å². The summed E-state index contributed by atoms with van der Waals surface area (Å²) in [4.78, 5) is 17.6. The van der Waals surface area contributed by atoms with Gasteiger partial charge in [-0.05, 0) is 12.1 Å². The van der Waals surface area contributed by atoms with E-state index in [1.807, 2.05) is 12.1 Å². The number of H-pyrrole nitrogens is 1. The molecule has 0 unspecified atom stereocenters. The van der Waals surface area contributed by atoms with Gasteiger partial charge in [0.25, 0.3) is 5.56 Å². The molecular weight excluding hydrogens is 228 g/mol. The normalized spacial score (nSPS) is 10.1. The second kappa shape index (κ2) is 4.24. The lowest BCUT2D eigenvalue weighted by Crippen LogP contribution is -2.14. The van der Waals surface area contributed by atoms with E-state index in [-0.39, 0.29) is 11.2 Å². The zero-order valence-corrected chi connectivity index (χ0v) is 8.95. The van der Waals surface area contributed by atoms with Crippen molar-refractivity contribution >= 4 is 28.9 Å². The van der Waals surface area contributed by atoms with Crippen LogP contribution in [-0.4, -0.2) is 9.97 Å². The third-order valence-corrected chi connectivity index (χ3v) is 2.28. The van der Waals surface area contributed by atoms with Crippen LogP contribution in [0, 0.1) is 0 Å². The summed E-state index contributed by atoms with van der Waals surface area (Å²) < 4.78 is 0. The number of nitrogen functional groups attached to an aromatic ring is 1. The standard InChI is InChI=1S/C10H9ClN4O/c11-6-3-1-2-4-8(6)14-10-13-5-7(12)9(16)15-10/h1-5H,12H2,(H2,13,14,15,16). The van der Waals surface area contributed by atoms with Gasteiger partial charge in [0.1, 0.15) is 5.69 Å². The van der Waals surface area contributed by atoms with Crippen LogP contribution in [0.5, 0.6) is 0 Å². The van der Waals surface area contributed by atoms with Crippen LogP contribution in [0.15, 0.2) is 35.3 Å². The minimum atomic E-state index is -0.385. The van der Waals surface area contributed by atoms with E-state index in [2.05, 4.69) is 15.3 Å². The van der Waals surface area contributed by atoms with Crippen molar-refractivity contribution in [1.29, 1.82) is 0 Å². The fourth-order valence-corrected chi connectivity index (χ4v) is 1.34. The summed E-state index contributed by atoms with van der Waals surface area (Å²) in [6.45, 7) is 0. The number of nitrogens with one attached hydrogen (secondary N) is 2. The van der Waals surface area contributed by atoms with Gasteiger partial charge in [0.05, 0.1) is 16.9 Å². The lowest BCUT2D eigenvalue weighted by atomic mass is 10.3. The number of para-hydroxylation sites is 1. The first-order valence-electron chi connectivity index (χ1n) is 4.53. The Bertz CT molecular complexity index is 567. The number of rotatable bonds is 2. The monoisotopic (exact) mass is 236 g/mol. The summed E-state index contributed by atoms with van der Waals surface area (Å²) in [5, 5.41) is 3.43. The van der Waals surface area contributed by atoms with E-state index in [1.54, 1.807) is 12.1 Å². The van der Waals surface area contributed by atoms with Gasteiger partial charge in [0.2, 0.25) is 5.95 Å². The first kappa shape index (κ1) is 10.5. The summed E-state index contributed by atoms with van der Waals surface area (Å²) >= 11 is 5.94. The van der Waals surface area contributed by atoms with Crippen molar-refractivity contribution in [1.82, 2.24) is 9.97 Å². The van der Waals surface area contributed by atoms with Crippen molar-refractivity contribution in [3.63, 3.8) is 0 Å². The Labute approximate surface area is 96.3 Å². The zero-order valence-electron chi connectivity index (χ0n) is 8.20. The highest BCUT2D eigenvalue weighted by Crippen LogP contribution is 2.22. The molecule has 0 aliphatic carbocycles. The van der Waals surface area contributed by atoms with Gasteiger partial charge in [0, 0.05) is 0 Å². The quantitative estimate of drug-likeness (QED) is 0.742. The molecule has 4 N–H and O–H groups in total. The van der Waals surface area contributed by atoms with Crippen LogP contribution >= 0.6 is 11.6 Å². The summed E-state index contributed by atoms with van der Waals surface area (Å²) in [6, 6.07) is 7.15. The van der Waals surface area contributed by atoms with Gasteiger partial charge in [-0.3, -0.25) is 9.78 Å². The van der Waals surface area contributed by atoms with Gasteiger partial charge in [-0.2, -0.15) is 0 Å². The van der Waals surface area contributed by atoms with Crippen molar-refractivity contribution in [2.75, 3.05) is 11.1 Å². The van der Waals surface area contributed by atoms with Crippen molar-refractivity contribution in [3.05, 3.63) is 45.8 Å². The highest BCUT2D eigenvalue weighted by molar-refractivity contribution is 6.33. The lowest BCUT2D eigenvalue weighted by molar-refractivity contribution is 1.13. The van der Waals surface area contributed by atoms with E-state index < -0.39 is 0 Å². The van der Waals surface area contributed by atoms with Crippen molar-refractivity contribution in [3.8, 4) is 0 Å². The minimum Gasteiger partial charge on any atom is -0.393 e. The van der Waals surface area contributed by atoms with Crippen LogP contribution in [0.2, 0.25) is 5.02 Å². The first-order valence-corrected chi connectivity index (χ1v) is 4.91. The number of anilines is 3. The topological polar surface area (TPSA) is 83.8 Å². The van der Waals surface area contributed by atoms with Crippen LogP contribution in [-0.2, 0) is 0 Å². The number of nitrogens with zero attached hydrogens (tertiary/aromatic N) is 1. The number of aromatic nitrogens is 2. The van der Waals surface area contributed by atoms with Gasteiger partial charge in [-0.15, -0.1) is 0 Å². The summed E-state index contributed by atoms with van der Waals surface area (Å²) in [5.41, 5.74) is 5.71. The highest BCUT2D eigenvalue weighted by Gasteiger charge is 2.02. The molecule has 1 aromatic carbocycles. The van der Waals surface area contributed by atoms with Crippen LogP contribution in [0.25, 0.3) is 0 Å². The van der Waals surface area contributed by atoms with E-state index in [0.717, 1.165) is 0 Å². The number of hydrogen-bond acceptors (Lipinski definition) is 4. The Kier molecular flexibility index (Phi) is 2.78. The number of hydrogen-bond donors (Lipinski definition) is 3. The Hall–Kier alpha value is -2.01. The van der Waals surface area contributed by atoms with Gasteiger partial charge in [-0.25, -0.2) is 4.98 Å². The average molecular weight is 237 g/mol. The smallest absolute Gasteiger partial charge is 0.275 e. The summed E-state index contributed by atoms with van der Waals surface area (Å²) in [5.74, 6) is 0.298. The fourth-order valence-electron chi connectivity index (χ4n) is 1.16. The second-order valence-electron chi connectivity index (χ2n) is 3.12. The maximum atomic E-state index is 11.2. The second-order valence-corrected chi connectivity index (χ2v) is 3.53. The SMILES string of the molecule is Nc1cnc(Nc2ccccc2Cl)[nH]c1=O. The van der Waals surface area contributed by atoms with Gasteiger partial charge < -0.3 is 11.1 Å². The average Bonchev–Trinajstić information content (AvgIpc) is 2.27. The maximum Gasteiger partial charge on any atom is 0.275 e. The molecule has 0 bridgehead atoms. The van der Waals surface area contributed by atoms with Gasteiger partial charge in [-0.1, -0.05) is 23.7 Å². The molecule has 0 amide bonds. The van der Waals surface area contributed by atoms with Crippen molar-refractivity contribution in [2.45, 2.75) is 0 Å². The van der Waals surface area contributed by atoms with Crippen LogP contribution in [0.4, 0.5) is 17.3 Å². The number of nitrogens with two attached hydrogens (primary N) is 1. The Morgan fingerprint density at radius 3 is 2.81 bits per heavy atom. The molecule has 2 rings (SSSR count). The molecule has 0 spiro atoms. The molecule has 0 aliphatic heterocycles. The van der Waals surface area contributed by atoms with Crippen LogP contribution in [0.3, 0.4) is 0 Å². The number of halogens is 1. The molecule has 1 aromatic heterocycles. The molecule has 5 nitrogen and oxygen atoms in total. The molecule has 0 saturated carbocycles. The van der Waals surface area contributed by atoms with Gasteiger partial charge >= 0.3 is 0 Å². The molecule has 0 saturated heterocycles. The van der Waals surface area contributed by atoms with Gasteiger partial charge in [0.15, 0.2) is 0 Å². The molecule has 6 heteroatoms. The Balaban J connectivity index is 2.31. The zero-order chi connectivity index (χ0) is 11.5. The summed E-state index contributed by atoms with van der Waals surface area (Å²) in [7, 11) is 0. The molecule has 82 valence electrons. The molecule has 0 atom stereocenters. The molecule has 2 aromatic rings. The molecule has 16 heavy (non-hydrogen) atoms. The molecule has 1 heterocycles. The van der Waals surface area contributed by atoms with Crippen LogP contribution < -0.4 is 16.6 Å². The van der Waals surface area contributed by atoms with E-state index in [1.165, 1.54) is 6.20 Å². The Morgan fingerprint density at radius 2 is 2.12 bits per heavy atom. The summed E-state index contributed by atoms with van der Waals surface area (Å²) in [6.07, 6.45) is 1.29. The van der Waals surface area contributed by atoms with Crippen LogP contribution in [0.1, 0.15) is 0 Å². The molecule has 0 radical (unpaired) electrons. The van der Waals surface area contributed by atoms with E-state index in [0.29, 0.717) is 16.7 Å². The highest BCUT2D eigenvalue weighted by atomic mass is 35.5. The number of benzene rings is 1. The maximum absolute atomic E-state index is 11.2. The molecular formula is C10H9ClN4O. The molecule has 0 fully saturated rings. The third kappa shape index (κ3) is 2.14. The third-order valence-electron chi connectivity index (χ3n) is 1.95. The Morgan fingerprint density at radius 1 is 1.38 bits per heavy atom. The molecule has 0 aliphatic rings. The van der Waals surface area contributed by atoms with E-state index >= 15 is 0 Å². The van der Waals surface area contributed by atoms with Crippen molar-refractivity contribution < 1.29 is 0 Å². The van der Waals surface area contributed by atoms with Crippen molar-refractivity contribution in [2.24, 2.45) is 0 Å². The lowest BCUT2D eigenvalue weighted by Gasteiger charge is -2.06.